The van der Waals surface area contributed by atoms with Gasteiger partial charge in [-0.05, 0) is 26.3 Å². The summed E-state index contributed by atoms with van der Waals surface area (Å²) in [5.41, 5.74) is 0.164. The van der Waals surface area contributed by atoms with Crippen molar-refractivity contribution in [3.8, 4) is 0 Å². The van der Waals surface area contributed by atoms with Crippen molar-refractivity contribution in [3.05, 3.63) is 39.9 Å². The van der Waals surface area contributed by atoms with Crippen molar-refractivity contribution in [2.75, 3.05) is 12.8 Å². The zero-order valence-electron chi connectivity index (χ0n) is 12.6. The van der Waals surface area contributed by atoms with E-state index in [0.29, 0.717) is 6.54 Å². The maximum Gasteiger partial charge on any atom is 0.269 e. The normalized spacial score (nSPS) is 13.9. The Balaban J connectivity index is 2.71. The molecular weight excluding hydrogens is 294 g/mol. The van der Waals surface area contributed by atoms with Crippen LogP contribution in [0.25, 0.3) is 0 Å². The average Bonchev–Trinajstić information content (AvgIpc) is 2.33. The van der Waals surface area contributed by atoms with Crippen LogP contribution in [0.1, 0.15) is 32.4 Å². The summed E-state index contributed by atoms with van der Waals surface area (Å²) in [5.74, 6) is 0. The van der Waals surface area contributed by atoms with Crippen molar-refractivity contribution >= 4 is 15.7 Å². The molecule has 0 aromatic heterocycles. The van der Waals surface area contributed by atoms with Crippen LogP contribution in [0.4, 0.5) is 5.69 Å². The van der Waals surface area contributed by atoms with Crippen LogP contribution in [0.5, 0.6) is 0 Å². The van der Waals surface area contributed by atoms with Gasteiger partial charge in [0, 0.05) is 30.3 Å². The van der Waals surface area contributed by atoms with Crippen molar-refractivity contribution in [1.29, 1.82) is 0 Å². The zero-order valence-corrected chi connectivity index (χ0v) is 13.4. The Bertz CT molecular complexity index is 614. The van der Waals surface area contributed by atoms with Gasteiger partial charge in [-0.25, -0.2) is 13.1 Å². The van der Waals surface area contributed by atoms with Crippen molar-refractivity contribution < 1.29 is 13.3 Å². The summed E-state index contributed by atoms with van der Waals surface area (Å²) in [4.78, 5) is 10.3. The highest BCUT2D eigenvalue weighted by atomic mass is 32.2. The quantitative estimate of drug-likeness (QED) is 0.587. The first-order chi connectivity index (χ1) is 9.50. The lowest BCUT2D eigenvalue weighted by Gasteiger charge is -2.27. The number of non-ortho nitro benzene ring substituents is 1. The summed E-state index contributed by atoms with van der Waals surface area (Å²) in [7, 11) is -3.29. The lowest BCUT2D eigenvalue weighted by Crippen LogP contribution is -2.50. The minimum absolute atomic E-state index is 0.0367. The molecule has 118 valence electrons. The second kappa shape index (κ2) is 6.50. The van der Waals surface area contributed by atoms with Crippen molar-refractivity contribution in [2.24, 2.45) is 0 Å². The molecule has 0 fully saturated rings. The van der Waals surface area contributed by atoms with E-state index in [1.165, 1.54) is 12.1 Å². The molecule has 8 heteroatoms. The number of hydrogen-bond donors (Lipinski definition) is 2. The Morgan fingerprint density at radius 2 is 2.00 bits per heavy atom. The summed E-state index contributed by atoms with van der Waals surface area (Å²) >= 11 is 0. The molecule has 0 amide bonds. The van der Waals surface area contributed by atoms with Gasteiger partial charge in [0.1, 0.15) is 0 Å². The fourth-order valence-corrected chi connectivity index (χ4v) is 3.05. The Morgan fingerprint density at radius 1 is 1.38 bits per heavy atom. The topological polar surface area (TPSA) is 101 Å². The van der Waals surface area contributed by atoms with Crippen molar-refractivity contribution in [2.45, 2.75) is 32.4 Å². The second-order valence-electron chi connectivity index (χ2n) is 5.71. The van der Waals surface area contributed by atoms with Gasteiger partial charge in [0.25, 0.3) is 5.69 Å². The third-order valence-corrected chi connectivity index (χ3v) is 3.82. The van der Waals surface area contributed by atoms with E-state index in [4.69, 9.17) is 0 Å². The standard InChI is InChI=1S/C13H21N3O4S/c1-10(11-6-5-7-12(8-11)16(17)18)14-9-13(2,3)15-21(4,19)20/h5-8,10,14-15H,9H2,1-4H3. The van der Waals surface area contributed by atoms with Crippen LogP contribution in [0.3, 0.4) is 0 Å². The highest BCUT2D eigenvalue weighted by Gasteiger charge is 2.23. The van der Waals surface area contributed by atoms with E-state index in [-0.39, 0.29) is 11.7 Å². The number of nitrogens with one attached hydrogen (secondary N) is 2. The minimum Gasteiger partial charge on any atom is -0.308 e. The predicted molar refractivity (Wildman–Crippen MR) is 81.6 cm³/mol. The summed E-state index contributed by atoms with van der Waals surface area (Å²) in [5, 5.41) is 13.9. The van der Waals surface area contributed by atoms with Crippen LogP contribution >= 0.6 is 0 Å². The highest BCUT2D eigenvalue weighted by Crippen LogP contribution is 2.19. The van der Waals surface area contributed by atoms with Crippen molar-refractivity contribution in [1.82, 2.24) is 10.0 Å². The first-order valence-corrected chi connectivity index (χ1v) is 8.36. The SMILES string of the molecule is CC(NCC(C)(C)NS(C)(=O)=O)c1cccc([N+](=O)[O-])c1. The van der Waals surface area contributed by atoms with Crippen LogP contribution in [0, 0.1) is 10.1 Å². The third-order valence-electron chi connectivity index (χ3n) is 2.89. The van der Waals surface area contributed by atoms with E-state index in [2.05, 4.69) is 10.0 Å². The molecule has 0 aliphatic carbocycles. The number of nitro benzene ring substituents is 1. The fraction of sp³-hybridized carbons (Fsp3) is 0.538. The fourth-order valence-electron chi connectivity index (χ4n) is 1.97. The smallest absolute Gasteiger partial charge is 0.269 e. The number of hydrogen-bond acceptors (Lipinski definition) is 5. The van der Waals surface area contributed by atoms with E-state index in [0.717, 1.165) is 11.8 Å². The molecule has 0 saturated heterocycles. The molecule has 0 saturated carbocycles. The van der Waals surface area contributed by atoms with E-state index in [1.54, 1.807) is 26.0 Å². The van der Waals surface area contributed by atoms with E-state index in [9.17, 15) is 18.5 Å². The first kappa shape index (κ1) is 17.5. The molecule has 1 atom stereocenters. The van der Waals surface area contributed by atoms with Gasteiger partial charge >= 0.3 is 0 Å². The Labute approximate surface area is 124 Å². The maximum absolute atomic E-state index is 11.3. The number of nitro groups is 1. The van der Waals surface area contributed by atoms with Gasteiger partial charge in [0.05, 0.1) is 11.2 Å². The lowest BCUT2D eigenvalue weighted by atomic mass is 10.0. The van der Waals surface area contributed by atoms with Gasteiger partial charge in [-0.1, -0.05) is 12.1 Å². The van der Waals surface area contributed by atoms with E-state index >= 15 is 0 Å². The molecule has 0 spiro atoms. The van der Waals surface area contributed by atoms with E-state index < -0.39 is 20.5 Å². The monoisotopic (exact) mass is 315 g/mol. The molecule has 21 heavy (non-hydrogen) atoms. The van der Waals surface area contributed by atoms with Crippen molar-refractivity contribution in [3.63, 3.8) is 0 Å². The van der Waals surface area contributed by atoms with Gasteiger partial charge < -0.3 is 5.32 Å². The molecule has 7 nitrogen and oxygen atoms in total. The molecule has 1 aromatic rings. The Morgan fingerprint density at radius 3 is 2.52 bits per heavy atom. The first-order valence-electron chi connectivity index (χ1n) is 6.47. The van der Waals surface area contributed by atoms with Gasteiger partial charge in [-0.2, -0.15) is 0 Å². The molecule has 0 bridgehead atoms. The number of nitrogens with zero attached hydrogens (tertiary/aromatic N) is 1. The molecular formula is C13H21N3O4S. The van der Waals surface area contributed by atoms with E-state index in [1.807, 2.05) is 6.92 Å². The summed E-state index contributed by atoms with van der Waals surface area (Å²) in [6, 6.07) is 6.23. The molecule has 0 heterocycles. The molecule has 1 aromatic carbocycles. The van der Waals surface area contributed by atoms with Crippen LogP contribution in [-0.2, 0) is 10.0 Å². The molecule has 2 N–H and O–H groups in total. The summed E-state index contributed by atoms with van der Waals surface area (Å²) < 4.78 is 25.1. The Kier molecular flexibility index (Phi) is 5.43. The van der Waals surface area contributed by atoms with Gasteiger partial charge in [0.2, 0.25) is 10.0 Å². The van der Waals surface area contributed by atoms with Gasteiger partial charge in [-0.3, -0.25) is 10.1 Å². The molecule has 0 radical (unpaired) electrons. The van der Waals surface area contributed by atoms with Gasteiger partial charge in [0.15, 0.2) is 0 Å². The van der Waals surface area contributed by atoms with Gasteiger partial charge in [-0.15, -0.1) is 0 Å². The molecule has 1 rings (SSSR count). The third kappa shape index (κ3) is 6.19. The number of benzene rings is 1. The minimum atomic E-state index is -3.29. The molecule has 0 aliphatic heterocycles. The lowest BCUT2D eigenvalue weighted by molar-refractivity contribution is -0.384. The maximum atomic E-state index is 11.3. The largest absolute Gasteiger partial charge is 0.308 e. The molecule has 0 aliphatic rings. The Hall–Kier alpha value is -1.51. The molecule has 1 unspecified atom stereocenters. The van der Waals surface area contributed by atoms with Crippen LogP contribution in [0.2, 0.25) is 0 Å². The predicted octanol–water partition coefficient (Wildman–Crippen LogP) is 1.57. The number of sulfonamides is 1. The van der Waals surface area contributed by atoms with Crippen LogP contribution in [-0.4, -0.2) is 31.7 Å². The van der Waals surface area contributed by atoms with Crippen LogP contribution < -0.4 is 10.0 Å². The highest BCUT2D eigenvalue weighted by molar-refractivity contribution is 7.88. The average molecular weight is 315 g/mol. The van der Waals surface area contributed by atoms with Crippen LogP contribution in [0.15, 0.2) is 24.3 Å². The number of rotatable bonds is 7. The summed E-state index contributed by atoms with van der Waals surface area (Å²) in [6.07, 6.45) is 1.11. The zero-order chi connectivity index (χ0) is 16.3. The summed E-state index contributed by atoms with van der Waals surface area (Å²) in [6.45, 7) is 5.79. The second-order valence-corrected chi connectivity index (χ2v) is 7.46.